The number of nitrogens with two attached hydrogens (primary N) is 1. The molecule has 1 aromatic carbocycles. The van der Waals surface area contributed by atoms with Crippen LogP contribution in [0.3, 0.4) is 0 Å². The molecule has 0 amide bonds. The first kappa shape index (κ1) is 14.3. The molecule has 0 atom stereocenters. The minimum absolute atomic E-state index is 0.0510. The molecule has 1 aliphatic rings. The molecule has 106 valence electrons. The lowest BCUT2D eigenvalue weighted by molar-refractivity contribution is -0.157. The van der Waals surface area contributed by atoms with E-state index in [1.54, 1.807) is 7.11 Å². The summed E-state index contributed by atoms with van der Waals surface area (Å²) in [4.78, 5) is 0. The highest BCUT2D eigenvalue weighted by molar-refractivity contribution is 5.43. The van der Waals surface area contributed by atoms with Crippen LogP contribution < -0.4 is 10.5 Å². The number of hydrogen-bond donors (Lipinski definition) is 1. The molecule has 4 heteroatoms. The maximum absolute atomic E-state index is 5.88. The van der Waals surface area contributed by atoms with Gasteiger partial charge in [-0.25, -0.2) is 0 Å². The molecule has 0 spiro atoms. The lowest BCUT2D eigenvalue weighted by atomic mass is 9.85. The van der Waals surface area contributed by atoms with Crippen LogP contribution in [-0.2, 0) is 20.7 Å². The second-order valence-corrected chi connectivity index (χ2v) is 5.82. The molecule has 19 heavy (non-hydrogen) atoms. The topological polar surface area (TPSA) is 53.7 Å². The van der Waals surface area contributed by atoms with E-state index in [0.29, 0.717) is 13.2 Å². The average Bonchev–Trinajstić information content (AvgIpc) is 2.86. The monoisotopic (exact) mass is 265 g/mol. The van der Waals surface area contributed by atoms with Crippen LogP contribution in [0.4, 0.5) is 0 Å². The maximum Gasteiger partial charge on any atom is 0.211 e. The van der Waals surface area contributed by atoms with Crippen molar-refractivity contribution in [3.05, 3.63) is 29.3 Å². The van der Waals surface area contributed by atoms with Gasteiger partial charge in [0.1, 0.15) is 5.75 Å². The Labute approximate surface area is 114 Å². The molecule has 0 aliphatic carbocycles. The summed E-state index contributed by atoms with van der Waals surface area (Å²) in [5.41, 5.74) is 8.01. The van der Waals surface area contributed by atoms with Crippen molar-refractivity contribution in [3.63, 3.8) is 0 Å². The van der Waals surface area contributed by atoms with Gasteiger partial charge in [0.15, 0.2) is 0 Å². The Bertz CT molecular complexity index is 445. The number of rotatable bonds is 3. The highest BCUT2D eigenvalue weighted by atomic mass is 16.7. The third-order valence-electron chi connectivity index (χ3n) is 3.50. The molecule has 0 saturated carbocycles. The summed E-state index contributed by atoms with van der Waals surface area (Å²) >= 11 is 0. The number of methoxy groups -OCH3 is 1. The molecule has 0 unspecified atom stereocenters. The SMILES string of the molecule is COc1ccc(C(C)(C)C)cc1C1(CN)OCCO1. The van der Waals surface area contributed by atoms with Crippen molar-refractivity contribution in [3.8, 4) is 5.75 Å². The molecule has 1 fully saturated rings. The normalized spacial score (nSPS) is 18.6. The smallest absolute Gasteiger partial charge is 0.211 e. The average molecular weight is 265 g/mol. The molecule has 0 radical (unpaired) electrons. The van der Waals surface area contributed by atoms with E-state index in [1.807, 2.05) is 6.07 Å². The van der Waals surface area contributed by atoms with Crippen LogP contribution in [-0.4, -0.2) is 26.9 Å². The highest BCUT2D eigenvalue weighted by Crippen LogP contribution is 2.39. The molecule has 4 nitrogen and oxygen atoms in total. The van der Waals surface area contributed by atoms with E-state index in [2.05, 4.69) is 32.9 Å². The van der Waals surface area contributed by atoms with Crippen LogP contribution in [0.15, 0.2) is 18.2 Å². The van der Waals surface area contributed by atoms with E-state index in [1.165, 1.54) is 5.56 Å². The van der Waals surface area contributed by atoms with Gasteiger partial charge in [-0.15, -0.1) is 0 Å². The zero-order valence-corrected chi connectivity index (χ0v) is 12.2. The first-order valence-electron chi connectivity index (χ1n) is 6.60. The Hall–Kier alpha value is -1.10. The van der Waals surface area contributed by atoms with Crippen LogP contribution in [0.2, 0.25) is 0 Å². The lowest BCUT2D eigenvalue weighted by Gasteiger charge is -2.30. The molecule has 0 bridgehead atoms. The minimum atomic E-state index is -0.868. The van der Waals surface area contributed by atoms with Gasteiger partial charge in [-0.1, -0.05) is 26.8 Å². The summed E-state index contributed by atoms with van der Waals surface area (Å²) in [5, 5.41) is 0. The van der Waals surface area contributed by atoms with E-state index >= 15 is 0 Å². The molecule has 2 N–H and O–H groups in total. The standard InChI is InChI=1S/C15H23NO3/c1-14(2,3)11-5-6-13(17-4)12(9-11)15(10-16)18-7-8-19-15/h5-6,9H,7-8,10,16H2,1-4H3. The van der Waals surface area contributed by atoms with Gasteiger partial charge in [0, 0.05) is 0 Å². The summed E-state index contributed by atoms with van der Waals surface area (Å²) in [6.07, 6.45) is 0. The number of hydrogen-bond acceptors (Lipinski definition) is 4. The van der Waals surface area contributed by atoms with Gasteiger partial charge in [-0.05, 0) is 23.1 Å². The highest BCUT2D eigenvalue weighted by Gasteiger charge is 2.40. The van der Waals surface area contributed by atoms with Gasteiger partial charge in [0.25, 0.3) is 0 Å². The third kappa shape index (κ3) is 2.61. The van der Waals surface area contributed by atoms with Crippen molar-refractivity contribution in [2.24, 2.45) is 5.73 Å². The predicted octanol–water partition coefficient (Wildman–Crippen LogP) is 2.15. The predicted molar refractivity (Wildman–Crippen MR) is 74.3 cm³/mol. The van der Waals surface area contributed by atoms with Crippen molar-refractivity contribution in [1.82, 2.24) is 0 Å². The van der Waals surface area contributed by atoms with Crippen LogP contribution in [0, 0.1) is 0 Å². The van der Waals surface area contributed by atoms with Gasteiger partial charge >= 0.3 is 0 Å². The Morgan fingerprint density at radius 1 is 1.26 bits per heavy atom. The van der Waals surface area contributed by atoms with Gasteiger partial charge in [0.05, 0.1) is 32.4 Å². The first-order chi connectivity index (χ1) is 8.93. The lowest BCUT2D eigenvalue weighted by Crippen LogP contribution is -2.36. The molecular weight excluding hydrogens is 242 g/mol. The summed E-state index contributed by atoms with van der Waals surface area (Å²) < 4.78 is 17.0. The van der Waals surface area contributed by atoms with Gasteiger partial charge in [-0.2, -0.15) is 0 Å². The zero-order chi connectivity index (χ0) is 14.1. The number of ether oxygens (including phenoxy) is 3. The second kappa shape index (κ2) is 5.12. The van der Waals surface area contributed by atoms with Crippen molar-refractivity contribution in [1.29, 1.82) is 0 Å². The van der Waals surface area contributed by atoms with Gasteiger partial charge in [0.2, 0.25) is 5.79 Å². The van der Waals surface area contributed by atoms with Crippen molar-refractivity contribution < 1.29 is 14.2 Å². The maximum atomic E-state index is 5.88. The van der Waals surface area contributed by atoms with E-state index in [0.717, 1.165) is 11.3 Å². The molecule has 1 saturated heterocycles. The summed E-state index contributed by atoms with van der Waals surface area (Å²) in [5.74, 6) is -0.118. The first-order valence-corrected chi connectivity index (χ1v) is 6.60. The third-order valence-corrected chi connectivity index (χ3v) is 3.50. The fourth-order valence-electron chi connectivity index (χ4n) is 2.31. The molecule has 2 rings (SSSR count). The molecule has 0 aromatic heterocycles. The van der Waals surface area contributed by atoms with Crippen LogP contribution >= 0.6 is 0 Å². The Morgan fingerprint density at radius 2 is 1.89 bits per heavy atom. The van der Waals surface area contributed by atoms with Crippen molar-refractivity contribution in [2.45, 2.75) is 32.0 Å². The van der Waals surface area contributed by atoms with Gasteiger partial charge < -0.3 is 19.9 Å². The fourth-order valence-corrected chi connectivity index (χ4v) is 2.31. The van der Waals surface area contributed by atoms with E-state index in [-0.39, 0.29) is 12.0 Å². The van der Waals surface area contributed by atoms with Crippen molar-refractivity contribution >= 4 is 0 Å². The number of benzene rings is 1. The molecule has 1 aliphatic heterocycles. The van der Waals surface area contributed by atoms with Crippen LogP contribution in [0.1, 0.15) is 31.9 Å². The van der Waals surface area contributed by atoms with E-state index < -0.39 is 5.79 Å². The van der Waals surface area contributed by atoms with Crippen molar-refractivity contribution in [2.75, 3.05) is 26.9 Å². The summed E-state index contributed by atoms with van der Waals surface area (Å²) in [6, 6.07) is 6.11. The fraction of sp³-hybridized carbons (Fsp3) is 0.600. The molecule has 1 aromatic rings. The minimum Gasteiger partial charge on any atom is -0.496 e. The molecule has 1 heterocycles. The zero-order valence-electron chi connectivity index (χ0n) is 12.2. The van der Waals surface area contributed by atoms with E-state index in [4.69, 9.17) is 19.9 Å². The largest absolute Gasteiger partial charge is 0.496 e. The quantitative estimate of drug-likeness (QED) is 0.910. The van der Waals surface area contributed by atoms with E-state index in [9.17, 15) is 0 Å². The Kier molecular flexibility index (Phi) is 3.85. The Morgan fingerprint density at radius 3 is 2.37 bits per heavy atom. The van der Waals surface area contributed by atoms with Gasteiger partial charge in [-0.3, -0.25) is 0 Å². The van der Waals surface area contributed by atoms with Crippen LogP contribution in [0.25, 0.3) is 0 Å². The van der Waals surface area contributed by atoms with Crippen LogP contribution in [0.5, 0.6) is 5.75 Å². The Balaban J connectivity index is 2.53. The summed E-state index contributed by atoms with van der Waals surface area (Å²) in [6.45, 7) is 7.90. The molecular formula is C15H23NO3. The second-order valence-electron chi connectivity index (χ2n) is 5.82. The summed E-state index contributed by atoms with van der Waals surface area (Å²) in [7, 11) is 1.65.